The molecule has 0 spiro atoms. The first-order valence-corrected chi connectivity index (χ1v) is 11.3. The monoisotopic (exact) mass is 434 g/mol. The second-order valence-electron chi connectivity index (χ2n) is 8.31. The van der Waals surface area contributed by atoms with Gasteiger partial charge in [0.1, 0.15) is 0 Å². The molecular formula is C25H30N4O3. The predicted molar refractivity (Wildman–Crippen MR) is 124 cm³/mol. The van der Waals surface area contributed by atoms with Gasteiger partial charge in [-0.2, -0.15) is 0 Å². The average Bonchev–Trinajstić information content (AvgIpc) is 3.24. The number of carbonyl (C=O) groups excluding carboxylic acids is 2. The summed E-state index contributed by atoms with van der Waals surface area (Å²) in [6.07, 6.45) is 6.93. The molecule has 0 saturated heterocycles. The van der Waals surface area contributed by atoms with Gasteiger partial charge in [-0.1, -0.05) is 49.6 Å². The number of fused-ring (bicyclic) bond motifs is 1. The van der Waals surface area contributed by atoms with Gasteiger partial charge in [-0.15, -0.1) is 0 Å². The van der Waals surface area contributed by atoms with Gasteiger partial charge in [-0.05, 0) is 30.5 Å². The Bertz CT molecular complexity index is 1070. The largest absolute Gasteiger partial charge is 0.383 e. The highest BCUT2D eigenvalue weighted by Crippen LogP contribution is 2.27. The first-order chi connectivity index (χ1) is 15.7. The number of amides is 2. The summed E-state index contributed by atoms with van der Waals surface area (Å²) in [5, 5.41) is 6.03. The normalized spacial score (nSPS) is 14.4. The third kappa shape index (κ3) is 5.16. The molecule has 0 radical (unpaired) electrons. The van der Waals surface area contributed by atoms with E-state index >= 15 is 0 Å². The Morgan fingerprint density at radius 3 is 2.66 bits per heavy atom. The van der Waals surface area contributed by atoms with Crippen LogP contribution in [0, 0.1) is 5.92 Å². The molecule has 2 amide bonds. The fraction of sp³-hybridized carbons (Fsp3) is 0.400. The number of anilines is 1. The van der Waals surface area contributed by atoms with E-state index in [0.717, 1.165) is 36.8 Å². The molecule has 3 aromatic rings. The minimum absolute atomic E-state index is 0.0264. The van der Waals surface area contributed by atoms with Crippen LogP contribution in [-0.4, -0.2) is 35.1 Å². The summed E-state index contributed by atoms with van der Waals surface area (Å²) in [7, 11) is 1.64. The van der Waals surface area contributed by atoms with E-state index < -0.39 is 0 Å². The molecule has 2 N–H and O–H groups in total. The van der Waals surface area contributed by atoms with Gasteiger partial charge in [0.2, 0.25) is 5.91 Å². The van der Waals surface area contributed by atoms with E-state index in [1.807, 2.05) is 41.0 Å². The van der Waals surface area contributed by atoms with E-state index in [4.69, 9.17) is 4.74 Å². The Labute approximate surface area is 188 Å². The van der Waals surface area contributed by atoms with Gasteiger partial charge >= 0.3 is 0 Å². The fourth-order valence-electron chi connectivity index (χ4n) is 4.30. The maximum absolute atomic E-state index is 13.2. The number of carbonyl (C=O) groups is 2. The van der Waals surface area contributed by atoms with Crippen LogP contribution in [0.1, 0.15) is 48.0 Å². The number of nitrogens with one attached hydrogen (secondary N) is 2. The van der Waals surface area contributed by atoms with E-state index in [0.29, 0.717) is 36.5 Å². The van der Waals surface area contributed by atoms with E-state index in [1.54, 1.807) is 19.5 Å². The van der Waals surface area contributed by atoms with Crippen molar-refractivity contribution in [3.05, 3.63) is 59.9 Å². The Balaban J connectivity index is 1.61. The van der Waals surface area contributed by atoms with Gasteiger partial charge in [-0.3, -0.25) is 9.59 Å². The van der Waals surface area contributed by atoms with Crippen LogP contribution in [0.5, 0.6) is 0 Å². The minimum Gasteiger partial charge on any atom is -0.383 e. The zero-order chi connectivity index (χ0) is 22.3. The van der Waals surface area contributed by atoms with Gasteiger partial charge in [0, 0.05) is 31.8 Å². The second kappa shape index (κ2) is 10.4. The van der Waals surface area contributed by atoms with Crippen LogP contribution < -0.4 is 10.6 Å². The number of rotatable bonds is 8. The van der Waals surface area contributed by atoms with Crippen LogP contribution in [-0.2, 0) is 22.6 Å². The molecule has 168 valence electrons. The molecule has 0 atom stereocenters. The van der Waals surface area contributed by atoms with Gasteiger partial charge in [-0.25, -0.2) is 4.98 Å². The number of aromatic nitrogens is 2. The number of hydrogen-bond donors (Lipinski definition) is 2. The SMILES string of the molecule is COCCn1cnc2cc(NC(=O)C3CCCCC3)cc(C(=O)NCc3ccccc3)c21. The van der Waals surface area contributed by atoms with Gasteiger partial charge in [0.05, 0.1) is 29.5 Å². The van der Waals surface area contributed by atoms with Gasteiger partial charge < -0.3 is 19.9 Å². The van der Waals surface area contributed by atoms with Crippen molar-refractivity contribution in [2.24, 2.45) is 5.92 Å². The maximum Gasteiger partial charge on any atom is 0.253 e. The molecule has 1 aromatic heterocycles. The van der Waals surface area contributed by atoms with Crippen LogP contribution in [0.4, 0.5) is 5.69 Å². The minimum atomic E-state index is -0.202. The van der Waals surface area contributed by atoms with Crippen molar-refractivity contribution in [3.63, 3.8) is 0 Å². The molecule has 7 nitrogen and oxygen atoms in total. The maximum atomic E-state index is 13.2. The summed E-state index contributed by atoms with van der Waals surface area (Å²) in [5.74, 6) is -0.139. The van der Waals surface area contributed by atoms with Crippen LogP contribution in [0.25, 0.3) is 11.0 Å². The summed E-state index contributed by atoms with van der Waals surface area (Å²) < 4.78 is 7.13. The zero-order valence-corrected chi connectivity index (χ0v) is 18.5. The smallest absolute Gasteiger partial charge is 0.253 e. The lowest BCUT2D eigenvalue weighted by molar-refractivity contribution is -0.120. The molecule has 2 aromatic carbocycles. The number of nitrogens with zero attached hydrogens (tertiary/aromatic N) is 2. The highest BCUT2D eigenvalue weighted by atomic mass is 16.5. The van der Waals surface area contributed by atoms with Crippen LogP contribution >= 0.6 is 0 Å². The summed E-state index contributed by atoms with van der Waals surface area (Å²) in [6.45, 7) is 1.52. The summed E-state index contributed by atoms with van der Waals surface area (Å²) >= 11 is 0. The molecule has 0 unspecified atom stereocenters. The Kier molecular flexibility index (Phi) is 7.17. The molecule has 1 saturated carbocycles. The summed E-state index contributed by atoms with van der Waals surface area (Å²) in [4.78, 5) is 30.5. The number of hydrogen-bond acceptors (Lipinski definition) is 4. The number of benzene rings is 2. The van der Waals surface area contributed by atoms with Crippen molar-refractivity contribution < 1.29 is 14.3 Å². The van der Waals surface area contributed by atoms with Crippen LogP contribution in [0.15, 0.2) is 48.8 Å². The van der Waals surface area contributed by atoms with E-state index in [1.165, 1.54) is 6.42 Å². The zero-order valence-electron chi connectivity index (χ0n) is 18.5. The van der Waals surface area contributed by atoms with Crippen molar-refractivity contribution >= 4 is 28.5 Å². The first kappa shape index (κ1) is 22.0. The molecule has 32 heavy (non-hydrogen) atoms. The number of imidazole rings is 1. The topological polar surface area (TPSA) is 85.2 Å². The molecule has 4 rings (SSSR count). The van der Waals surface area contributed by atoms with Crippen molar-refractivity contribution in [2.75, 3.05) is 19.0 Å². The van der Waals surface area contributed by atoms with E-state index in [9.17, 15) is 9.59 Å². The predicted octanol–water partition coefficient (Wildman–Crippen LogP) is 4.13. The molecule has 1 heterocycles. The third-order valence-corrected chi connectivity index (χ3v) is 6.03. The molecule has 1 fully saturated rings. The standard InChI is InChI=1S/C25H30N4O3/c1-32-13-12-29-17-27-22-15-20(28-24(30)19-10-6-3-7-11-19)14-21(23(22)29)25(31)26-16-18-8-4-2-5-9-18/h2,4-5,8-9,14-15,17,19H,3,6-7,10-13,16H2,1H3,(H,26,31)(H,28,30). The van der Waals surface area contributed by atoms with Crippen molar-refractivity contribution in [1.82, 2.24) is 14.9 Å². The Morgan fingerprint density at radius 2 is 1.91 bits per heavy atom. The molecule has 7 heteroatoms. The molecule has 1 aliphatic rings. The Morgan fingerprint density at radius 1 is 1.12 bits per heavy atom. The van der Waals surface area contributed by atoms with Crippen molar-refractivity contribution in [2.45, 2.75) is 45.2 Å². The number of methoxy groups -OCH3 is 1. The van der Waals surface area contributed by atoms with Crippen LogP contribution in [0.3, 0.4) is 0 Å². The van der Waals surface area contributed by atoms with E-state index in [-0.39, 0.29) is 17.7 Å². The molecule has 0 bridgehead atoms. The lowest BCUT2D eigenvalue weighted by atomic mass is 9.88. The second-order valence-corrected chi connectivity index (χ2v) is 8.31. The average molecular weight is 435 g/mol. The Hall–Kier alpha value is -3.19. The molecule has 0 aliphatic heterocycles. The lowest BCUT2D eigenvalue weighted by Gasteiger charge is -2.21. The van der Waals surface area contributed by atoms with Crippen molar-refractivity contribution in [3.8, 4) is 0 Å². The van der Waals surface area contributed by atoms with Crippen LogP contribution in [0.2, 0.25) is 0 Å². The first-order valence-electron chi connectivity index (χ1n) is 11.3. The highest BCUT2D eigenvalue weighted by Gasteiger charge is 2.23. The molecule has 1 aliphatic carbocycles. The van der Waals surface area contributed by atoms with Gasteiger partial charge in [0.25, 0.3) is 5.91 Å². The lowest BCUT2D eigenvalue weighted by Crippen LogP contribution is -2.26. The van der Waals surface area contributed by atoms with Gasteiger partial charge in [0.15, 0.2) is 0 Å². The molecular weight excluding hydrogens is 404 g/mol. The highest BCUT2D eigenvalue weighted by molar-refractivity contribution is 6.07. The third-order valence-electron chi connectivity index (χ3n) is 6.03. The quantitative estimate of drug-likeness (QED) is 0.558. The fourth-order valence-corrected chi connectivity index (χ4v) is 4.30. The number of ether oxygens (including phenoxy) is 1. The van der Waals surface area contributed by atoms with E-state index in [2.05, 4.69) is 15.6 Å². The summed E-state index contributed by atoms with van der Waals surface area (Å²) in [6, 6.07) is 13.4. The van der Waals surface area contributed by atoms with Crippen molar-refractivity contribution in [1.29, 1.82) is 0 Å². The summed E-state index contributed by atoms with van der Waals surface area (Å²) in [5.41, 5.74) is 3.53.